The summed E-state index contributed by atoms with van der Waals surface area (Å²) >= 11 is 1.75. The molecule has 0 atom stereocenters. The molecular formula is C16H18N2OS. The number of aromatic nitrogens is 2. The Bertz CT molecular complexity index is 770. The van der Waals surface area contributed by atoms with Gasteiger partial charge in [0.1, 0.15) is 5.75 Å². The molecule has 0 radical (unpaired) electrons. The molecule has 1 aromatic carbocycles. The van der Waals surface area contributed by atoms with Gasteiger partial charge in [-0.3, -0.25) is 4.40 Å². The summed E-state index contributed by atoms with van der Waals surface area (Å²) in [6.45, 7) is 6.40. The lowest BCUT2D eigenvalue weighted by atomic mass is 10.0. The fraction of sp³-hybridized carbons (Fsp3) is 0.312. The van der Waals surface area contributed by atoms with Crippen LogP contribution in [0.4, 0.5) is 0 Å². The minimum atomic E-state index is 0.957. The van der Waals surface area contributed by atoms with Crippen molar-refractivity contribution in [2.45, 2.75) is 27.2 Å². The minimum Gasteiger partial charge on any atom is -0.496 e. The van der Waals surface area contributed by atoms with Crippen LogP contribution in [-0.2, 0) is 6.42 Å². The summed E-state index contributed by atoms with van der Waals surface area (Å²) in [6, 6.07) is 4.36. The highest BCUT2D eigenvalue weighted by Crippen LogP contribution is 2.39. The van der Waals surface area contributed by atoms with Crippen molar-refractivity contribution in [2.24, 2.45) is 0 Å². The van der Waals surface area contributed by atoms with E-state index in [2.05, 4.69) is 42.3 Å². The Morgan fingerprint density at radius 2 is 2.10 bits per heavy atom. The number of imidazole rings is 1. The number of hydrogen-bond acceptors (Lipinski definition) is 3. The zero-order chi connectivity index (χ0) is 14.3. The number of aryl methyl sites for hydroxylation is 3. The number of nitrogens with zero attached hydrogens (tertiary/aromatic N) is 2. The van der Waals surface area contributed by atoms with Crippen molar-refractivity contribution < 1.29 is 4.74 Å². The van der Waals surface area contributed by atoms with Crippen LogP contribution < -0.4 is 4.74 Å². The number of rotatable bonds is 3. The fourth-order valence-corrected chi connectivity index (χ4v) is 3.78. The lowest BCUT2D eigenvalue weighted by molar-refractivity contribution is 0.413. The normalized spacial score (nSPS) is 11.2. The fourth-order valence-electron chi connectivity index (χ4n) is 2.75. The van der Waals surface area contributed by atoms with Gasteiger partial charge in [0.05, 0.1) is 12.8 Å². The van der Waals surface area contributed by atoms with Crippen molar-refractivity contribution in [2.75, 3.05) is 7.11 Å². The van der Waals surface area contributed by atoms with Gasteiger partial charge >= 0.3 is 0 Å². The number of fused-ring (bicyclic) bond motifs is 1. The van der Waals surface area contributed by atoms with E-state index < -0.39 is 0 Å². The average Bonchev–Trinajstić information content (AvgIpc) is 2.97. The molecule has 0 aliphatic rings. The second-order valence-electron chi connectivity index (χ2n) is 4.97. The lowest BCUT2D eigenvalue weighted by Crippen LogP contribution is -1.96. The third kappa shape index (κ3) is 1.91. The Morgan fingerprint density at radius 1 is 1.30 bits per heavy atom. The Morgan fingerprint density at radius 3 is 2.80 bits per heavy atom. The van der Waals surface area contributed by atoms with Gasteiger partial charge in [0.2, 0.25) is 0 Å². The Balaban J connectivity index is 2.37. The molecule has 104 valence electrons. The van der Waals surface area contributed by atoms with E-state index in [1.54, 1.807) is 18.4 Å². The van der Waals surface area contributed by atoms with E-state index >= 15 is 0 Å². The lowest BCUT2D eigenvalue weighted by Gasteiger charge is -2.13. The third-order valence-electron chi connectivity index (χ3n) is 3.53. The van der Waals surface area contributed by atoms with E-state index in [1.165, 1.54) is 21.7 Å². The van der Waals surface area contributed by atoms with Crippen molar-refractivity contribution in [3.63, 3.8) is 0 Å². The first-order chi connectivity index (χ1) is 9.65. The summed E-state index contributed by atoms with van der Waals surface area (Å²) in [5.41, 5.74) is 4.79. The molecule has 0 aliphatic heterocycles. The molecular weight excluding hydrogens is 268 g/mol. The SMILES string of the molecule is CCc1sc2nccn2c1-c1cc(C)cc(C)c1OC. The van der Waals surface area contributed by atoms with Crippen molar-refractivity contribution in [3.05, 3.63) is 40.5 Å². The van der Waals surface area contributed by atoms with Gasteiger partial charge in [0.25, 0.3) is 0 Å². The van der Waals surface area contributed by atoms with Crippen LogP contribution in [0.2, 0.25) is 0 Å². The highest BCUT2D eigenvalue weighted by Gasteiger charge is 2.18. The maximum Gasteiger partial charge on any atom is 0.194 e. The predicted molar refractivity (Wildman–Crippen MR) is 83.9 cm³/mol. The highest BCUT2D eigenvalue weighted by atomic mass is 32.1. The Labute approximate surface area is 122 Å². The van der Waals surface area contributed by atoms with Crippen LogP contribution in [0, 0.1) is 13.8 Å². The van der Waals surface area contributed by atoms with E-state index in [1.807, 2.05) is 12.4 Å². The van der Waals surface area contributed by atoms with Gasteiger partial charge in [-0.1, -0.05) is 13.0 Å². The van der Waals surface area contributed by atoms with Gasteiger partial charge in [0, 0.05) is 22.8 Å². The van der Waals surface area contributed by atoms with Gasteiger partial charge in [-0.25, -0.2) is 4.98 Å². The van der Waals surface area contributed by atoms with Gasteiger partial charge < -0.3 is 4.74 Å². The summed E-state index contributed by atoms with van der Waals surface area (Å²) in [6.07, 6.45) is 4.88. The number of benzene rings is 1. The van der Waals surface area contributed by atoms with Crippen LogP contribution in [0.3, 0.4) is 0 Å². The summed E-state index contributed by atoms with van der Waals surface area (Å²) in [5, 5.41) is 0. The smallest absolute Gasteiger partial charge is 0.194 e. The van der Waals surface area contributed by atoms with Gasteiger partial charge in [-0.2, -0.15) is 0 Å². The molecule has 2 heterocycles. The third-order valence-corrected chi connectivity index (χ3v) is 4.74. The maximum absolute atomic E-state index is 5.65. The van der Waals surface area contributed by atoms with Gasteiger partial charge in [-0.05, 0) is 37.5 Å². The molecule has 0 bridgehead atoms. The van der Waals surface area contributed by atoms with Crippen LogP contribution >= 0.6 is 11.3 Å². The molecule has 2 aromatic heterocycles. The van der Waals surface area contributed by atoms with Gasteiger partial charge in [-0.15, -0.1) is 11.3 Å². The summed E-state index contributed by atoms with van der Waals surface area (Å²) in [5.74, 6) is 0.957. The summed E-state index contributed by atoms with van der Waals surface area (Å²) in [7, 11) is 1.74. The molecule has 0 amide bonds. The zero-order valence-electron chi connectivity index (χ0n) is 12.2. The van der Waals surface area contributed by atoms with Crippen molar-refractivity contribution in [1.82, 2.24) is 9.38 Å². The number of ether oxygens (including phenoxy) is 1. The standard InChI is InChI=1S/C16H18N2OS/c1-5-13-14(18-7-6-17-16(18)20-13)12-9-10(2)8-11(3)15(12)19-4/h6-9H,5H2,1-4H3. The van der Waals surface area contributed by atoms with Gasteiger partial charge in [0.15, 0.2) is 4.96 Å². The second-order valence-corrected chi connectivity index (χ2v) is 6.03. The molecule has 4 heteroatoms. The molecule has 0 saturated carbocycles. The largest absolute Gasteiger partial charge is 0.496 e. The summed E-state index contributed by atoms with van der Waals surface area (Å²) < 4.78 is 7.82. The summed E-state index contributed by atoms with van der Waals surface area (Å²) in [4.78, 5) is 6.80. The number of hydrogen-bond donors (Lipinski definition) is 0. The Hall–Kier alpha value is -1.81. The van der Waals surface area contributed by atoms with Crippen LogP contribution in [0.1, 0.15) is 22.9 Å². The van der Waals surface area contributed by atoms with Crippen LogP contribution in [0.5, 0.6) is 5.75 Å². The van der Waals surface area contributed by atoms with E-state index in [0.29, 0.717) is 0 Å². The van der Waals surface area contributed by atoms with Crippen molar-refractivity contribution >= 4 is 16.3 Å². The number of thiazole rings is 1. The molecule has 0 aliphatic carbocycles. The molecule has 3 aromatic rings. The molecule has 0 unspecified atom stereocenters. The first kappa shape index (κ1) is 13.2. The molecule has 3 rings (SSSR count). The van der Waals surface area contributed by atoms with Crippen molar-refractivity contribution in [1.29, 1.82) is 0 Å². The predicted octanol–water partition coefficient (Wildman–Crippen LogP) is 4.25. The molecule has 3 nitrogen and oxygen atoms in total. The van der Waals surface area contributed by atoms with E-state index in [9.17, 15) is 0 Å². The maximum atomic E-state index is 5.65. The van der Waals surface area contributed by atoms with Crippen LogP contribution in [0.25, 0.3) is 16.2 Å². The van der Waals surface area contributed by atoms with Crippen LogP contribution in [-0.4, -0.2) is 16.5 Å². The van der Waals surface area contributed by atoms with Crippen LogP contribution in [0.15, 0.2) is 24.5 Å². The Kier molecular flexibility index (Phi) is 3.26. The van der Waals surface area contributed by atoms with E-state index in [0.717, 1.165) is 22.7 Å². The first-order valence-electron chi connectivity index (χ1n) is 6.76. The highest BCUT2D eigenvalue weighted by molar-refractivity contribution is 7.17. The number of methoxy groups -OCH3 is 1. The first-order valence-corrected chi connectivity index (χ1v) is 7.57. The second kappa shape index (κ2) is 4.94. The molecule has 0 N–H and O–H groups in total. The average molecular weight is 286 g/mol. The molecule has 0 spiro atoms. The minimum absolute atomic E-state index is 0.957. The molecule has 20 heavy (non-hydrogen) atoms. The monoisotopic (exact) mass is 286 g/mol. The molecule has 0 fully saturated rings. The van der Waals surface area contributed by atoms with Crippen molar-refractivity contribution in [3.8, 4) is 17.0 Å². The van der Waals surface area contributed by atoms with E-state index in [-0.39, 0.29) is 0 Å². The quantitative estimate of drug-likeness (QED) is 0.719. The van der Waals surface area contributed by atoms with E-state index in [4.69, 9.17) is 4.74 Å². The topological polar surface area (TPSA) is 26.5 Å². The molecule has 0 saturated heterocycles. The zero-order valence-corrected chi connectivity index (χ0v) is 13.0.